The number of benzene rings is 1. The van der Waals surface area contributed by atoms with Crippen molar-refractivity contribution in [1.82, 2.24) is 20.1 Å². The third-order valence-electron chi connectivity index (χ3n) is 5.41. The first kappa shape index (κ1) is 21.8. The normalized spacial score (nSPS) is 15.7. The number of pyridine rings is 1. The zero-order valence-corrected chi connectivity index (χ0v) is 17.9. The van der Waals surface area contributed by atoms with Crippen LogP contribution in [-0.4, -0.2) is 65.9 Å². The predicted octanol–water partition coefficient (Wildman–Crippen LogP) is 2.19. The smallest absolute Gasteiger partial charge is 0.251 e. The van der Waals surface area contributed by atoms with Gasteiger partial charge in [-0.05, 0) is 47.9 Å². The lowest BCUT2D eigenvalue weighted by atomic mass is 10.0. The Labute approximate surface area is 178 Å². The molecule has 2 amide bonds. The molecule has 7 heteroatoms. The summed E-state index contributed by atoms with van der Waals surface area (Å²) < 4.78 is 5.13. The Kier molecular flexibility index (Phi) is 7.41. The second-order valence-corrected chi connectivity index (χ2v) is 7.88. The molecule has 1 saturated heterocycles. The number of nitrogens with one attached hydrogen (secondary N) is 1. The van der Waals surface area contributed by atoms with Gasteiger partial charge in [0.25, 0.3) is 5.91 Å². The van der Waals surface area contributed by atoms with Crippen LogP contribution in [0.4, 0.5) is 0 Å². The Bertz CT molecular complexity index is 831. The minimum absolute atomic E-state index is 0.00505. The van der Waals surface area contributed by atoms with Crippen LogP contribution in [0.15, 0.2) is 48.8 Å². The maximum Gasteiger partial charge on any atom is 0.251 e. The maximum atomic E-state index is 13.1. The Morgan fingerprint density at radius 1 is 1.03 bits per heavy atom. The highest BCUT2D eigenvalue weighted by atomic mass is 16.5. The van der Waals surface area contributed by atoms with E-state index in [-0.39, 0.29) is 17.7 Å². The van der Waals surface area contributed by atoms with Gasteiger partial charge in [-0.2, -0.15) is 0 Å². The number of aromatic nitrogens is 1. The average Bonchev–Trinajstić information content (AvgIpc) is 2.78. The second kappa shape index (κ2) is 10.2. The van der Waals surface area contributed by atoms with Crippen molar-refractivity contribution >= 4 is 11.8 Å². The molecule has 1 fully saturated rings. The number of rotatable bonds is 7. The fourth-order valence-corrected chi connectivity index (χ4v) is 3.55. The van der Waals surface area contributed by atoms with Gasteiger partial charge in [0, 0.05) is 50.7 Å². The van der Waals surface area contributed by atoms with E-state index in [0.717, 1.165) is 19.6 Å². The molecule has 1 aromatic heterocycles. The van der Waals surface area contributed by atoms with Crippen LogP contribution in [0.3, 0.4) is 0 Å². The molecule has 0 saturated carbocycles. The van der Waals surface area contributed by atoms with E-state index in [9.17, 15) is 9.59 Å². The van der Waals surface area contributed by atoms with Gasteiger partial charge in [-0.15, -0.1) is 0 Å². The van der Waals surface area contributed by atoms with Crippen molar-refractivity contribution in [3.05, 3.63) is 59.9 Å². The molecule has 0 radical (unpaired) electrons. The van der Waals surface area contributed by atoms with Gasteiger partial charge in [0.1, 0.15) is 11.8 Å². The third kappa shape index (κ3) is 5.57. The van der Waals surface area contributed by atoms with Crippen LogP contribution >= 0.6 is 0 Å². The van der Waals surface area contributed by atoms with E-state index in [2.05, 4.69) is 15.2 Å². The summed E-state index contributed by atoms with van der Waals surface area (Å²) in [5, 5.41) is 2.93. The third-order valence-corrected chi connectivity index (χ3v) is 5.41. The highest BCUT2D eigenvalue weighted by Crippen LogP contribution is 2.14. The van der Waals surface area contributed by atoms with Crippen molar-refractivity contribution in [3.63, 3.8) is 0 Å². The number of ether oxygens (including phenoxy) is 1. The lowest BCUT2D eigenvalue weighted by Gasteiger charge is -2.37. The zero-order chi connectivity index (χ0) is 21.5. The lowest BCUT2D eigenvalue weighted by molar-refractivity contribution is -0.136. The molecule has 0 bridgehead atoms. The molecule has 7 nitrogen and oxygen atoms in total. The molecule has 160 valence electrons. The van der Waals surface area contributed by atoms with Gasteiger partial charge >= 0.3 is 0 Å². The van der Waals surface area contributed by atoms with E-state index in [4.69, 9.17) is 4.74 Å². The Morgan fingerprint density at radius 3 is 2.23 bits per heavy atom. The van der Waals surface area contributed by atoms with E-state index in [1.165, 1.54) is 5.56 Å². The van der Waals surface area contributed by atoms with Crippen LogP contribution in [0.1, 0.15) is 29.8 Å². The second-order valence-electron chi connectivity index (χ2n) is 7.88. The van der Waals surface area contributed by atoms with Gasteiger partial charge in [0.05, 0.1) is 7.11 Å². The number of nitrogens with zero attached hydrogens (tertiary/aromatic N) is 3. The highest BCUT2D eigenvalue weighted by molar-refractivity contribution is 5.97. The summed E-state index contributed by atoms with van der Waals surface area (Å²) in [4.78, 5) is 34.0. The number of hydrogen-bond acceptors (Lipinski definition) is 5. The van der Waals surface area contributed by atoms with Crippen LogP contribution in [0, 0.1) is 5.92 Å². The number of amides is 2. The molecule has 3 rings (SSSR count). The molecule has 1 aromatic carbocycles. The Hall–Kier alpha value is -2.93. The molecule has 0 spiro atoms. The minimum Gasteiger partial charge on any atom is -0.497 e. The molecule has 0 aliphatic carbocycles. The first-order chi connectivity index (χ1) is 14.5. The molecule has 1 aliphatic heterocycles. The fraction of sp³-hybridized carbons (Fsp3) is 0.435. The van der Waals surface area contributed by atoms with E-state index in [1.807, 2.05) is 30.9 Å². The molecule has 1 N–H and O–H groups in total. The standard InChI is InChI=1S/C23H30N4O3/c1-17(2)21(25-22(28)19-4-6-20(30-3)7-5-19)23(29)27-14-12-26(13-15-27)16-18-8-10-24-11-9-18/h4-11,17,21H,12-16H2,1-3H3,(H,25,28)/t21-/m0/s1. The molecule has 1 aliphatic rings. The summed E-state index contributed by atoms with van der Waals surface area (Å²) in [6.07, 6.45) is 3.60. The van der Waals surface area contributed by atoms with Crippen LogP contribution in [-0.2, 0) is 11.3 Å². The van der Waals surface area contributed by atoms with Gasteiger partial charge in [0.15, 0.2) is 0 Å². The molecular formula is C23H30N4O3. The molecular weight excluding hydrogens is 380 g/mol. The molecule has 2 heterocycles. The summed E-state index contributed by atoms with van der Waals surface area (Å²) >= 11 is 0. The summed E-state index contributed by atoms with van der Waals surface area (Å²) in [5.41, 5.74) is 1.73. The first-order valence-corrected chi connectivity index (χ1v) is 10.3. The van der Waals surface area contributed by atoms with Crippen LogP contribution < -0.4 is 10.1 Å². The summed E-state index contributed by atoms with van der Waals surface area (Å²) in [6.45, 7) is 7.70. The van der Waals surface area contributed by atoms with Gasteiger partial charge < -0.3 is 15.0 Å². The van der Waals surface area contributed by atoms with Gasteiger partial charge in [0.2, 0.25) is 5.91 Å². The van der Waals surface area contributed by atoms with Crippen molar-refractivity contribution in [2.45, 2.75) is 26.4 Å². The van der Waals surface area contributed by atoms with Gasteiger partial charge in [-0.25, -0.2) is 0 Å². The van der Waals surface area contributed by atoms with E-state index < -0.39 is 6.04 Å². The van der Waals surface area contributed by atoms with E-state index in [1.54, 1.807) is 43.8 Å². The number of methoxy groups -OCH3 is 1. The van der Waals surface area contributed by atoms with Crippen molar-refractivity contribution < 1.29 is 14.3 Å². The van der Waals surface area contributed by atoms with Crippen molar-refractivity contribution in [3.8, 4) is 5.75 Å². The van der Waals surface area contributed by atoms with Crippen molar-refractivity contribution in [2.75, 3.05) is 33.3 Å². The molecule has 2 aromatic rings. The van der Waals surface area contributed by atoms with Crippen molar-refractivity contribution in [1.29, 1.82) is 0 Å². The van der Waals surface area contributed by atoms with Crippen LogP contribution in [0.5, 0.6) is 5.75 Å². The van der Waals surface area contributed by atoms with E-state index in [0.29, 0.717) is 24.4 Å². The van der Waals surface area contributed by atoms with Crippen LogP contribution in [0.2, 0.25) is 0 Å². The maximum absolute atomic E-state index is 13.1. The van der Waals surface area contributed by atoms with Gasteiger partial charge in [-0.3, -0.25) is 19.5 Å². The molecule has 30 heavy (non-hydrogen) atoms. The van der Waals surface area contributed by atoms with Gasteiger partial charge in [-0.1, -0.05) is 13.8 Å². The Balaban J connectivity index is 1.56. The quantitative estimate of drug-likeness (QED) is 0.757. The lowest BCUT2D eigenvalue weighted by Crippen LogP contribution is -2.56. The SMILES string of the molecule is COc1ccc(C(=O)N[C@H](C(=O)N2CCN(Cc3ccncc3)CC2)C(C)C)cc1. The molecule has 0 unspecified atom stereocenters. The number of piperazine rings is 1. The number of carbonyl (C=O) groups is 2. The summed E-state index contributed by atoms with van der Waals surface area (Å²) in [6, 6.07) is 10.4. The van der Waals surface area contributed by atoms with Crippen LogP contribution in [0.25, 0.3) is 0 Å². The monoisotopic (exact) mass is 410 g/mol. The largest absolute Gasteiger partial charge is 0.497 e. The topological polar surface area (TPSA) is 74.8 Å². The van der Waals surface area contributed by atoms with Crippen molar-refractivity contribution in [2.24, 2.45) is 5.92 Å². The zero-order valence-electron chi connectivity index (χ0n) is 17.9. The first-order valence-electron chi connectivity index (χ1n) is 10.3. The number of carbonyl (C=O) groups excluding carboxylic acids is 2. The minimum atomic E-state index is -0.550. The number of hydrogen-bond donors (Lipinski definition) is 1. The summed E-state index contributed by atoms with van der Waals surface area (Å²) in [5.74, 6) is 0.415. The average molecular weight is 411 g/mol. The Morgan fingerprint density at radius 2 is 1.67 bits per heavy atom. The van der Waals surface area contributed by atoms with E-state index >= 15 is 0 Å². The summed E-state index contributed by atoms with van der Waals surface area (Å²) in [7, 11) is 1.58. The molecule has 1 atom stereocenters. The highest BCUT2D eigenvalue weighted by Gasteiger charge is 2.31. The fourth-order valence-electron chi connectivity index (χ4n) is 3.55. The predicted molar refractivity (Wildman–Crippen MR) is 115 cm³/mol.